The zero-order chi connectivity index (χ0) is 18.6. The Bertz CT molecular complexity index is 820. The number of hydrogen-bond donors (Lipinski definition) is 1. The number of nitrogens with one attached hydrogen (secondary N) is 1. The highest BCUT2D eigenvalue weighted by Crippen LogP contribution is 2.37. The molecule has 1 N–H and O–H groups in total. The highest BCUT2D eigenvalue weighted by Gasteiger charge is 2.46. The fourth-order valence-corrected chi connectivity index (χ4v) is 3.70. The number of carbonyl (C=O) groups is 1. The molecule has 1 aliphatic heterocycles. The highest BCUT2D eigenvalue weighted by molar-refractivity contribution is 5.98. The van der Waals surface area contributed by atoms with E-state index in [1.165, 1.54) is 0 Å². The number of fused-ring (bicyclic) bond motifs is 1. The molecule has 2 aromatic heterocycles. The quantitative estimate of drug-likeness (QED) is 0.926. The summed E-state index contributed by atoms with van der Waals surface area (Å²) in [4.78, 5) is 17.5. The van der Waals surface area contributed by atoms with Crippen LogP contribution in [0.2, 0.25) is 0 Å². The van der Waals surface area contributed by atoms with E-state index in [1.54, 1.807) is 6.20 Å². The van der Waals surface area contributed by atoms with Crippen molar-refractivity contribution in [3.05, 3.63) is 23.5 Å². The lowest BCUT2D eigenvalue weighted by atomic mass is 9.94. The smallest absolute Gasteiger partial charge is 0.253 e. The Balaban J connectivity index is 1.89. The summed E-state index contributed by atoms with van der Waals surface area (Å²) in [5.74, 6) is -0.108. The lowest BCUT2D eigenvalue weighted by molar-refractivity contribution is -0.0693. The molecule has 0 spiro atoms. The Morgan fingerprint density at radius 2 is 2.04 bits per heavy atom. The molecule has 1 saturated heterocycles. The maximum atomic E-state index is 12.9. The average molecular weight is 344 g/mol. The Kier molecular flexibility index (Phi) is 4.14. The summed E-state index contributed by atoms with van der Waals surface area (Å²) in [6.45, 7) is 14.1. The van der Waals surface area contributed by atoms with Gasteiger partial charge in [0.1, 0.15) is 0 Å². The van der Waals surface area contributed by atoms with E-state index in [2.05, 4.69) is 43.1 Å². The second-order valence-corrected chi connectivity index (χ2v) is 8.41. The van der Waals surface area contributed by atoms with E-state index in [1.807, 2.05) is 31.5 Å². The first kappa shape index (κ1) is 17.9. The van der Waals surface area contributed by atoms with Gasteiger partial charge in [-0.15, -0.1) is 0 Å². The highest BCUT2D eigenvalue weighted by atomic mass is 16.5. The fraction of sp³-hybridized carbons (Fsp3) is 0.632. The van der Waals surface area contributed by atoms with Crippen molar-refractivity contribution in [2.45, 2.75) is 78.2 Å². The molecule has 0 bridgehead atoms. The molecule has 0 aliphatic carbocycles. The van der Waals surface area contributed by atoms with Gasteiger partial charge in [0.05, 0.1) is 34.7 Å². The van der Waals surface area contributed by atoms with Crippen LogP contribution >= 0.6 is 0 Å². The van der Waals surface area contributed by atoms with Gasteiger partial charge in [-0.1, -0.05) is 0 Å². The third-order valence-electron chi connectivity index (χ3n) is 4.87. The second kappa shape index (κ2) is 5.80. The van der Waals surface area contributed by atoms with Gasteiger partial charge in [-0.05, 0) is 61.0 Å². The number of carbonyl (C=O) groups excluding carboxylic acids is 1. The van der Waals surface area contributed by atoms with Crippen LogP contribution in [0, 0.1) is 6.92 Å². The molecule has 1 atom stereocenters. The van der Waals surface area contributed by atoms with Crippen molar-refractivity contribution in [2.24, 2.45) is 0 Å². The summed E-state index contributed by atoms with van der Waals surface area (Å²) in [7, 11) is 0. The lowest BCUT2D eigenvalue weighted by Gasteiger charge is -2.27. The molecule has 2 aromatic rings. The van der Waals surface area contributed by atoms with E-state index < -0.39 is 5.60 Å². The Morgan fingerprint density at radius 1 is 1.36 bits per heavy atom. The zero-order valence-corrected chi connectivity index (χ0v) is 16.2. The maximum absolute atomic E-state index is 12.9. The molecule has 136 valence electrons. The Labute approximate surface area is 149 Å². The first-order valence-electron chi connectivity index (χ1n) is 8.86. The third-order valence-corrected chi connectivity index (χ3v) is 4.87. The minimum Gasteiger partial charge on any atom is -0.367 e. The normalized spacial score (nSPS) is 21.8. The van der Waals surface area contributed by atoms with Crippen molar-refractivity contribution in [3.8, 4) is 0 Å². The van der Waals surface area contributed by atoms with Gasteiger partial charge in [0.15, 0.2) is 5.65 Å². The summed E-state index contributed by atoms with van der Waals surface area (Å²) in [5.41, 5.74) is 1.49. The molecule has 0 aromatic carbocycles. The first-order valence-corrected chi connectivity index (χ1v) is 8.86. The van der Waals surface area contributed by atoms with Gasteiger partial charge >= 0.3 is 0 Å². The molecular formula is C19H28N4O2. The van der Waals surface area contributed by atoms with E-state index in [-0.39, 0.29) is 23.6 Å². The van der Waals surface area contributed by atoms with Gasteiger partial charge in [-0.3, -0.25) is 4.79 Å². The van der Waals surface area contributed by atoms with Crippen molar-refractivity contribution in [1.29, 1.82) is 0 Å². The van der Waals surface area contributed by atoms with Crippen LogP contribution in [-0.4, -0.2) is 37.9 Å². The van der Waals surface area contributed by atoms with Crippen molar-refractivity contribution < 1.29 is 9.53 Å². The Morgan fingerprint density at radius 3 is 2.60 bits per heavy atom. The zero-order valence-electron chi connectivity index (χ0n) is 16.2. The van der Waals surface area contributed by atoms with Crippen LogP contribution < -0.4 is 5.32 Å². The third kappa shape index (κ3) is 3.27. The van der Waals surface area contributed by atoms with Crippen molar-refractivity contribution >= 4 is 16.9 Å². The largest absolute Gasteiger partial charge is 0.367 e. The molecule has 1 unspecified atom stereocenters. The number of nitrogens with zero attached hydrogens (tertiary/aromatic N) is 3. The predicted molar refractivity (Wildman–Crippen MR) is 97.8 cm³/mol. The summed E-state index contributed by atoms with van der Waals surface area (Å²) in [5, 5.41) is 8.41. The van der Waals surface area contributed by atoms with E-state index in [9.17, 15) is 4.79 Å². The van der Waals surface area contributed by atoms with E-state index >= 15 is 0 Å². The van der Waals surface area contributed by atoms with Gasteiger partial charge in [0.2, 0.25) is 0 Å². The minimum atomic E-state index is -0.396. The lowest BCUT2D eigenvalue weighted by Crippen LogP contribution is -2.46. The van der Waals surface area contributed by atoms with Crippen LogP contribution in [0.3, 0.4) is 0 Å². The average Bonchev–Trinajstić information content (AvgIpc) is 2.95. The number of amides is 1. The van der Waals surface area contributed by atoms with Gasteiger partial charge in [0.25, 0.3) is 5.91 Å². The minimum absolute atomic E-state index is 0.0384. The van der Waals surface area contributed by atoms with Gasteiger partial charge in [-0.2, -0.15) is 5.10 Å². The van der Waals surface area contributed by atoms with E-state index in [0.717, 1.165) is 17.5 Å². The summed E-state index contributed by atoms with van der Waals surface area (Å²) in [6.07, 6.45) is 2.55. The first-order chi connectivity index (χ1) is 11.5. The number of rotatable bonds is 3. The monoisotopic (exact) mass is 344 g/mol. The van der Waals surface area contributed by atoms with Crippen molar-refractivity contribution in [2.75, 3.05) is 0 Å². The summed E-state index contributed by atoms with van der Waals surface area (Å²) >= 11 is 0. The van der Waals surface area contributed by atoms with E-state index in [0.29, 0.717) is 11.3 Å². The molecule has 3 heterocycles. The summed E-state index contributed by atoms with van der Waals surface area (Å²) in [6, 6.07) is 2.07. The Hall–Kier alpha value is -1.95. The number of aryl methyl sites for hydroxylation is 1. The SMILES string of the molecule is Cc1nc2c(cnn2C(C)C)cc1C(=O)NC1CC(C)(C)OC1(C)C. The molecule has 25 heavy (non-hydrogen) atoms. The maximum Gasteiger partial charge on any atom is 0.253 e. The van der Waals surface area contributed by atoms with Gasteiger partial charge in [-0.25, -0.2) is 9.67 Å². The standard InChI is InChI=1S/C19H28N4O2/c1-11(2)23-16-13(10-20-23)8-14(12(3)21-16)17(24)22-15-9-18(4,5)25-19(15,6)7/h8,10-11,15H,9H2,1-7H3,(H,22,24). The van der Waals surface area contributed by atoms with Crippen molar-refractivity contribution in [1.82, 2.24) is 20.1 Å². The molecule has 0 saturated carbocycles. The van der Waals surface area contributed by atoms with Crippen LogP contribution in [0.4, 0.5) is 0 Å². The van der Waals surface area contributed by atoms with E-state index in [4.69, 9.17) is 4.74 Å². The second-order valence-electron chi connectivity index (χ2n) is 8.41. The number of hydrogen-bond acceptors (Lipinski definition) is 4. The summed E-state index contributed by atoms with van der Waals surface area (Å²) < 4.78 is 7.95. The van der Waals surface area contributed by atoms with Crippen LogP contribution in [0.15, 0.2) is 12.3 Å². The predicted octanol–water partition coefficient (Wildman–Crippen LogP) is 3.40. The fourth-order valence-electron chi connectivity index (χ4n) is 3.70. The van der Waals surface area contributed by atoms with Crippen LogP contribution in [0.25, 0.3) is 11.0 Å². The topological polar surface area (TPSA) is 69.0 Å². The van der Waals surface area contributed by atoms with Crippen LogP contribution in [-0.2, 0) is 4.74 Å². The number of ether oxygens (including phenoxy) is 1. The molecule has 6 heteroatoms. The molecule has 1 amide bonds. The molecule has 1 aliphatic rings. The van der Waals surface area contributed by atoms with Crippen molar-refractivity contribution in [3.63, 3.8) is 0 Å². The van der Waals surface area contributed by atoms with Gasteiger partial charge in [0, 0.05) is 11.4 Å². The molecule has 6 nitrogen and oxygen atoms in total. The number of pyridine rings is 1. The van der Waals surface area contributed by atoms with Crippen LogP contribution in [0.5, 0.6) is 0 Å². The number of aromatic nitrogens is 3. The molecule has 0 radical (unpaired) electrons. The molecular weight excluding hydrogens is 316 g/mol. The van der Waals surface area contributed by atoms with Crippen LogP contribution in [0.1, 0.15) is 70.1 Å². The van der Waals surface area contributed by atoms with Gasteiger partial charge < -0.3 is 10.1 Å². The molecule has 1 fully saturated rings. The molecule has 3 rings (SSSR count).